The van der Waals surface area contributed by atoms with E-state index in [1.807, 2.05) is 54.6 Å². The van der Waals surface area contributed by atoms with Gasteiger partial charge < -0.3 is 18.9 Å². The Balaban J connectivity index is 1.23. The van der Waals surface area contributed by atoms with E-state index < -0.39 is 0 Å². The van der Waals surface area contributed by atoms with E-state index in [9.17, 15) is 0 Å². The number of benzene rings is 1. The molecule has 1 aliphatic rings. The fourth-order valence-electron chi connectivity index (χ4n) is 3.29. The van der Waals surface area contributed by atoms with Gasteiger partial charge in [0.1, 0.15) is 6.61 Å². The van der Waals surface area contributed by atoms with Gasteiger partial charge in [-0.1, -0.05) is 30.3 Å². The fraction of sp³-hybridized carbons (Fsp3) is 0.417. The molecule has 6 heteroatoms. The van der Waals surface area contributed by atoms with Crippen molar-refractivity contribution in [3.05, 3.63) is 60.2 Å². The highest BCUT2D eigenvalue weighted by Crippen LogP contribution is 2.19. The zero-order valence-corrected chi connectivity index (χ0v) is 17.2. The van der Waals surface area contributed by atoms with Crippen LogP contribution >= 0.6 is 0 Å². The van der Waals surface area contributed by atoms with Crippen molar-refractivity contribution >= 4 is 11.0 Å². The zero-order valence-electron chi connectivity index (χ0n) is 17.2. The summed E-state index contributed by atoms with van der Waals surface area (Å²) in [5.41, 5.74) is 1.72. The SMILES string of the molecule is c1ccc(COc2ccc3ccc(OCCCCOC4CCCCO4)nc3n2)cc1. The first kappa shape index (κ1) is 20.6. The second-order valence-electron chi connectivity index (χ2n) is 7.34. The van der Waals surface area contributed by atoms with Gasteiger partial charge in [0.25, 0.3) is 0 Å². The molecule has 0 N–H and O–H groups in total. The Morgan fingerprint density at radius 1 is 0.833 bits per heavy atom. The Morgan fingerprint density at radius 2 is 1.60 bits per heavy atom. The summed E-state index contributed by atoms with van der Waals surface area (Å²) in [6, 6.07) is 17.7. The van der Waals surface area contributed by atoms with Crippen LogP contribution in [-0.2, 0) is 16.1 Å². The second kappa shape index (κ2) is 10.9. The summed E-state index contributed by atoms with van der Waals surface area (Å²) in [6.45, 7) is 2.58. The van der Waals surface area contributed by atoms with E-state index in [2.05, 4.69) is 9.97 Å². The molecule has 1 atom stereocenters. The van der Waals surface area contributed by atoms with Crippen molar-refractivity contribution in [2.24, 2.45) is 0 Å². The molecule has 3 aromatic rings. The van der Waals surface area contributed by atoms with Crippen LogP contribution in [0.1, 0.15) is 37.7 Å². The molecule has 30 heavy (non-hydrogen) atoms. The standard InChI is InChI=1S/C24H28N2O4/c1-2-8-19(9-3-1)18-30-22-14-12-20-11-13-21(25-24(20)26-22)27-15-6-7-17-29-23-10-4-5-16-28-23/h1-3,8-9,11-14,23H,4-7,10,15-18H2. The number of aromatic nitrogens is 2. The molecule has 158 valence electrons. The normalized spacial score (nSPS) is 16.5. The third-order valence-corrected chi connectivity index (χ3v) is 4.96. The molecule has 1 unspecified atom stereocenters. The van der Waals surface area contributed by atoms with Gasteiger partial charge >= 0.3 is 0 Å². The van der Waals surface area contributed by atoms with Crippen molar-refractivity contribution in [3.8, 4) is 11.8 Å². The number of nitrogens with zero attached hydrogens (tertiary/aromatic N) is 2. The Labute approximate surface area is 177 Å². The fourth-order valence-corrected chi connectivity index (χ4v) is 3.29. The summed E-state index contributed by atoms with van der Waals surface area (Å²) in [6.07, 6.45) is 5.15. The quantitative estimate of drug-likeness (QED) is 0.444. The van der Waals surface area contributed by atoms with Crippen LogP contribution in [0.5, 0.6) is 11.8 Å². The first-order chi connectivity index (χ1) is 14.9. The first-order valence-electron chi connectivity index (χ1n) is 10.7. The lowest BCUT2D eigenvalue weighted by Crippen LogP contribution is -2.22. The van der Waals surface area contributed by atoms with Crippen LogP contribution in [0.2, 0.25) is 0 Å². The van der Waals surface area contributed by atoms with Gasteiger partial charge in [0.2, 0.25) is 11.8 Å². The van der Waals surface area contributed by atoms with Gasteiger partial charge in [0.05, 0.1) is 6.61 Å². The lowest BCUT2D eigenvalue weighted by molar-refractivity contribution is -0.162. The lowest BCUT2D eigenvalue weighted by atomic mass is 10.2. The highest BCUT2D eigenvalue weighted by atomic mass is 16.7. The molecule has 3 heterocycles. The molecule has 0 radical (unpaired) electrons. The summed E-state index contributed by atoms with van der Waals surface area (Å²) in [7, 11) is 0. The van der Waals surface area contributed by atoms with Gasteiger partial charge in [0, 0.05) is 30.7 Å². The van der Waals surface area contributed by atoms with Crippen molar-refractivity contribution in [2.45, 2.75) is 45.0 Å². The van der Waals surface area contributed by atoms with Crippen molar-refractivity contribution in [3.63, 3.8) is 0 Å². The number of rotatable bonds is 10. The van der Waals surface area contributed by atoms with E-state index in [0.29, 0.717) is 37.2 Å². The van der Waals surface area contributed by atoms with Crippen LogP contribution in [-0.4, -0.2) is 36.1 Å². The minimum atomic E-state index is -0.0220. The van der Waals surface area contributed by atoms with Crippen LogP contribution in [0.4, 0.5) is 0 Å². The minimum absolute atomic E-state index is 0.0220. The smallest absolute Gasteiger partial charge is 0.215 e. The molecule has 1 fully saturated rings. The third kappa shape index (κ3) is 6.15. The maximum atomic E-state index is 5.80. The second-order valence-corrected chi connectivity index (χ2v) is 7.34. The molecule has 0 bridgehead atoms. The molecule has 0 amide bonds. The van der Waals surface area contributed by atoms with Crippen molar-refractivity contribution < 1.29 is 18.9 Å². The van der Waals surface area contributed by atoms with E-state index in [0.717, 1.165) is 43.2 Å². The average molecular weight is 408 g/mol. The Bertz CT molecular complexity index is 913. The van der Waals surface area contributed by atoms with E-state index in [-0.39, 0.29) is 6.29 Å². The molecule has 0 spiro atoms. The number of hydrogen-bond acceptors (Lipinski definition) is 6. The lowest BCUT2D eigenvalue weighted by Gasteiger charge is -2.22. The van der Waals surface area contributed by atoms with Crippen LogP contribution in [0.3, 0.4) is 0 Å². The van der Waals surface area contributed by atoms with Gasteiger partial charge in [-0.2, -0.15) is 9.97 Å². The minimum Gasteiger partial charge on any atom is -0.478 e. The summed E-state index contributed by atoms with van der Waals surface area (Å²) in [5, 5.41) is 0.954. The molecular formula is C24H28N2O4. The number of hydrogen-bond donors (Lipinski definition) is 0. The largest absolute Gasteiger partial charge is 0.478 e. The molecule has 1 aromatic carbocycles. The van der Waals surface area contributed by atoms with Crippen LogP contribution in [0.15, 0.2) is 54.6 Å². The highest BCUT2D eigenvalue weighted by molar-refractivity contribution is 5.75. The van der Waals surface area contributed by atoms with Crippen molar-refractivity contribution in [2.75, 3.05) is 19.8 Å². The van der Waals surface area contributed by atoms with Gasteiger partial charge in [-0.15, -0.1) is 0 Å². The van der Waals surface area contributed by atoms with E-state index in [1.54, 1.807) is 0 Å². The van der Waals surface area contributed by atoms with Gasteiger partial charge in [-0.25, -0.2) is 0 Å². The molecule has 2 aromatic heterocycles. The predicted molar refractivity (Wildman–Crippen MR) is 115 cm³/mol. The average Bonchev–Trinajstić information content (AvgIpc) is 2.81. The van der Waals surface area contributed by atoms with E-state index in [4.69, 9.17) is 18.9 Å². The van der Waals surface area contributed by atoms with E-state index in [1.165, 1.54) is 6.42 Å². The molecule has 1 saturated heterocycles. The maximum Gasteiger partial charge on any atom is 0.215 e. The van der Waals surface area contributed by atoms with Crippen LogP contribution in [0, 0.1) is 0 Å². The monoisotopic (exact) mass is 408 g/mol. The summed E-state index contributed by atoms with van der Waals surface area (Å²) < 4.78 is 22.9. The number of pyridine rings is 2. The molecule has 4 rings (SSSR count). The predicted octanol–water partition coefficient (Wildman–Crippen LogP) is 4.91. The zero-order chi connectivity index (χ0) is 20.4. The van der Waals surface area contributed by atoms with Gasteiger partial charge in [-0.05, 0) is 49.8 Å². The van der Waals surface area contributed by atoms with Crippen LogP contribution < -0.4 is 9.47 Å². The molecular weight excluding hydrogens is 380 g/mol. The summed E-state index contributed by atoms with van der Waals surface area (Å²) in [5.74, 6) is 1.13. The molecule has 0 saturated carbocycles. The Morgan fingerprint density at radius 3 is 2.37 bits per heavy atom. The topological polar surface area (TPSA) is 62.7 Å². The molecule has 1 aliphatic heterocycles. The highest BCUT2D eigenvalue weighted by Gasteiger charge is 2.13. The maximum absolute atomic E-state index is 5.80. The third-order valence-electron chi connectivity index (χ3n) is 4.96. The molecule has 6 nitrogen and oxygen atoms in total. The van der Waals surface area contributed by atoms with Gasteiger partial charge in [0.15, 0.2) is 11.9 Å². The number of fused-ring (bicyclic) bond motifs is 1. The van der Waals surface area contributed by atoms with E-state index >= 15 is 0 Å². The Kier molecular flexibility index (Phi) is 7.47. The van der Waals surface area contributed by atoms with Gasteiger partial charge in [-0.3, -0.25) is 0 Å². The number of unbranched alkanes of at least 4 members (excludes halogenated alkanes) is 1. The Hall–Kier alpha value is -2.70. The molecule has 0 aliphatic carbocycles. The first-order valence-corrected chi connectivity index (χ1v) is 10.7. The summed E-state index contributed by atoms with van der Waals surface area (Å²) in [4.78, 5) is 9.03. The number of ether oxygens (including phenoxy) is 4. The van der Waals surface area contributed by atoms with Crippen molar-refractivity contribution in [1.82, 2.24) is 9.97 Å². The summed E-state index contributed by atoms with van der Waals surface area (Å²) >= 11 is 0. The van der Waals surface area contributed by atoms with Crippen molar-refractivity contribution in [1.29, 1.82) is 0 Å². The van der Waals surface area contributed by atoms with Crippen LogP contribution in [0.25, 0.3) is 11.0 Å².